The van der Waals surface area contributed by atoms with Gasteiger partial charge in [0.25, 0.3) is 0 Å². The molecule has 0 aromatic rings. The van der Waals surface area contributed by atoms with Crippen molar-refractivity contribution in [1.82, 2.24) is 10.2 Å². The highest BCUT2D eigenvalue weighted by Gasteiger charge is 2.34. The van der Waals surface area contributed by atoms with Crippen molar-refractivity contribution in [3.63, 3.8) is 0 Å². The highest BCUT2D eigenvalue weighted by atomic mass is 16.4. The number of rotatable bonds is 5. The number of aliphatic carboxylic acids is 1. The van der Waals surface area contributed by atoms with E-state index in [0.29, 0.717) is 12.5 Å². The number of nitrogens with zero attached hydrogens (tertiary/aromatic N) is 1. The van der Waals surface area contributed by atoms with Crippen LogP contribution in [-0.2, 0) is 4.79 Å². The Morgan fingerprint density at radius 2 is 2.17 bits per heavy atom. The summed E-state index contributed by atoms with van der Waals surface area (Å²) >= 11 is 0. The van der Waals surface area contributed by atoms with Crippen LogP contribution < -0.4 is 5.32 Å². The molecule has 0 amide bonds. The number of likely N-dealkylation sites (N-methyl/N-ethyl adjacent to an activating group) is 1. The van der Waals surface area contributed by atoms with Crippen LogP contribution in [0.2, 0.25) is 0 Å². The van der Waals surface area contributed by atoms with Gasteiger partial charge in [-0.2, -0.15) is 0 Å². The van der Waals surface area contributed by atoms with E-state index in [0.717, 1.165) is 19.0 Å². The number of likely N-dealkylation sites (tertiary alicyclic amines) is 1. The molecule has 0 aromatic heterocycles. The van der Waals surface area contributed by atoms with Crippen LogP contribution in [0.3, 0.4) is 0 Å². The molecule has 2 N–H and O–H groups in total. The average molecular weight is 256 g/mol. The van der Waals surface area contributed by atoms with E-state index < -0.39 is 11.5 Å². The van der Waals surface area contributed by atoms with E-state index in [9.17, 15) is 9.90 Å². The maximum absolute atomic E-state index is 11.3. The summed E-state index contributed by atoms with van der Waals surface area (Å²) in [4.78, 5) is 13.8. The van der Waals surface area contributed by atoms with Crippen LogP contribution in [0.25, 0.3) is 0 Å². The minimum Gasteiger partial charge on any atom is -0.480 e. The first-order valence-corrected chi connectivity index (χ1v) is 7.05. The van der Waals surface area contributed by atoms with Crippen molar-refractivity contribution in [2.24, 2.45) is 5.92 Å². The van der Waals surface area contributed by atoms with Gasteiger partial charge in [-0.05, 0) is 65.6 Å². The second-order valence-corrected chi connectivity index (χ2v) is 6.01. The smallest absolute Gasteiger partial charge is 0.323 e. The van der Waals surface area contributed by atoms with E-state index in [-0.39, 0.29) is 0 Å². The van der Waals surface area contributed by atoms with Gasteiger partial charge in [-0.25, -0.2) is 0 Å². The third-order valence-corrected chi connectivity index (χ3v) is 4.40. The Balaban J connectivity index is 2.58. The van der Waals surface area contributed by atoms with E-state index in [1.807, 2.05) is 0 Å². The van der Waals surface area contributed by atoms with Gasteiger partial charge in [0.15, 0.2) is 0 Å². The summed E-state index contributed by atoms with van der Waals surface area (Å²) < 4.78 is 0. The van der Waals surface area contributed by atoms with E-state index in [1.165, 1.54) is 19.3 Å². The van der Waals surface area contributed by atoms with E-state index in [1.54, 1.807) is 14.0 Å². The third kappa shape index (κ3) is 3.95. The second-order valence-electron chi connectivity index (χ2n) is 6.01. The van der Waals surface area contributed by atoms with Crippen LogP contribution in [0.5, 0.6) is 0 Å². The summed E-state index contributed by atoms with van der Waals surface area (Å²) in [7, 11) is 1.73. The van der Waals surface area contributed by atoms with Gasteiger partial charge in [0.2, 0.25) is 0 Å². The fraction of sp³-hybridized carbons (Fsp3) is 0.929. The first-order valence-electron chi connectivity index (χ1n) is 7.05. The Kier molecular flexibility index (Phi) is 5.60. The largest absolute Gasteiger partial charge is 0.480 e. The SMILES string of the molecule is CNC(C)(CC(C)N1CCCC(C)CC1)C(=O)O. The number of carboxylic acid groups (broad SMARTS) is 1. The summed E-state index contributed by atoms with van der Waals surface area (Å²) in [5.41, 5.74) is -0.822. The van der Waals surface area contributed by atoms with Gasteiger partial charge in [-0.15, -0.1) is 0 Å². The molecule has 0 radical (unpaired) electrons. The van der Waals surface area contributed by atoms with Crippen molar-refractivity contribution >= 4 is 5.97 Å². The first kappa shape index (κ1) is 15.4. The molecule has 1 aliphatic heterocycles. The molecule has 4 nitrogen and oxygen atoms in total. The van der Waals surface area contributed by atoms with Gasteiger partial charge in [0.1, 0.15) is 5.54 Å². The maximum Gasteiger partial charge on any atom is 0.323 e. The lowest BCUT2D eigenvalue weighted by Gasteiger charge is -2.34. The molecule has 3 unspecified atom stereocenters. The van der Waals surface area contributed by atoms with Crippen LogP contribution in [-0.4, -0.2) is 47.7 Å². The Labute approximate surface area is 111 Å². The van der Waals surface area contributed by atoms with Crippen molar-refractivity contribution in [1.29, 1.82) is 0 Å². The molecule has 0 bridgehead atoms. The molecule has 18 heavy (non-hydrogen) atoms. The van der Waals surface area contributed by atoms with E-state index in [2.05, 4.69) is 24.1 Å². The fourth-order valence-corrected chi connectivity index (χ4v) is 2.74. The molecule has 106 valence electrons. The standard InChI is InChI=1S/C14H28N2O2/c1-11-6-5-8-16(9-7-11)12(2)10-14(3,15-4)13(17)18/h11-12,15H,5-10H2,1-4H3,(H,17,18). The lowest BCUT2D eigenvalue weighted by Crippen LogP contribution is -2.52. The molecule has 1 heterocycles. The molecule has 1 aliphatic rings. The zero-order valence-electron chi connectivity index (χ0n) is 12.2. The number of carboxylic acids is 1. The zero-order valence-corrected chi connectivity index (χ0v) is 12.2. The molecule has 0 spiro atoms. The van der Waals surface area contributed by atoms with E-state index in [4.69, 9.17) is 0 Å². The molecule has 1 saturated heterocycles. The highest BCUT2D eigenvalue weighted by molar-refractivity contribution is 5.78. The molecule has 0 aliphatic carbocycles. The lowest BCUT2D eigenvalue weighted by atomic mass is 9.93. The molecule has 4 heteroatoms. The Morgan fingerprint density at radius 1 is 1.50 bits per heavy atom. The summed E-state index contributed by atoms with van der Waals surface area (Å²) in [6, 6.07) is 0.309. The molecule has 3 atom stereocenters. The van der Waals surface area contributed by atoms with Gasteiger partial charge in [0, 0.05) is 6.04 Å². The van der Waals surface area contributed by atoms with Crippen molar-refractivity contribution in [2.45, 2.75) is 58.0 Å². The monoisotopic (exact) mass is 256 g/mol. The van der Waals surface area contributed by atoms with Crippen molar-refractivity contribution in [3.8, 4) is 0 Å². The predicted molar refractivity (Wildman–Crippen MR) is 73.8 cm³/mol. The normalized spacial score (nSPS) is 27.2. The summed E-state index contributed by atoms with van der Waals surface area (Å²) in [6.45, 7) is 8.43. The molecule has 0 aromatic carbocycles. The van der Waals surface area contributed by atoms with Crippen molar-refractivity contribution in [3.05, 3.63) is 0 Å². The minimum absolute atomic E-state index is 0.309. The van der Waals surface area contributed by atoms with Crippen molar-refractivity contribution < 1.29 is 9.90 Å². The Bertz CT molecular complexity index is 283. The van der Waals surface area contributed by atoms with Gasteiger partial charge in [0.05, 0.1) is 0 Å². The summed E-state index contributed by atoms with van der Waals surface area (Å²) in [5.74, 6) is 0.0393. The number of hydrogen-bond acceptors (Lipinski definition) is 3. The average Bonchev–Trinajstić information content (AvgIpc) is 2.53. The first-order chi connectivity index (χ1) is 8.39. The van der Waals surface area contributed by atoms with Crippen LogP contribution in [0, 0.1) is 5.92 Å². The topological polar surface area (TPSA) is 52.6 Å². The number of carbonyl (C=O) groups is 1. The second kappa shape index (κ2) is 6.53. The Morgan fingerprint density at radius 3 is 2.72 bits per heavy atom. The van der Waals surface area contributed by atoms with Crippen LogP contribution in [0.1, 0.15) is 46.5 Å². The fourth-order valence-electron chi connectivity index (χ4n) is 2.74. The zero-order chi connectivity index (χ0) is 13.8. The van der Waals surface area contributed by atoms with Crippen LogP contribution >= 0.6 is 0 Å². The van der Waals surface area contributed by atoms with Gasteiger partial charge in [-0.3, -0.25) is 4.79 Å². The molecule has 0 saturated carbocycles. The number of nitrogens with one attached hydrogen (secondary N) is 1. The summed E-state index contributed by atoms with van der Waals surface area (Å²) in [6.07, 6.45) is 4.40. The third-order valence-electron chi connectivity index (χ3n) is 4.40. The molecular weight excluding hydrogens is 228 g/mol. The van der Waals surface area contributed by atoms with Gasteiger partial charge >= 0.3 is 5.97 Å². The predicted octanol–water partition coefficient (Wildman–Crippen LogP) is 1.95. The van der Waals surface area contributed by atoms with Crippen molar-refractivity contribution in [2.75, 3.05) is 20.1 Å². The minimum atomic E-state index is -0.822. The molecular formula is C14H28N2O2. The highest BCUT2D eigenvalue weighted by Crippen LogP contribution is 2.22. The lowest BCUT2D eigenvalue weighted by molar-refractivity contribution is -0.144. The number of hydrogen-bond donors (Lipinski definition) is 2. The van der Waals surface area contributed by atoms with Gasteiger partial charge in [-0.1, -0.05) is 6.92 Å². The maximum atomic E-state index is 11.3. The molecule has 1 rings (SSSR count). The summed E-state index contributed by atoms with van der Waals surface area (Å²) in [5, 5.41) is 12.2. The Hall–Kier alpha value is -0.610. The molecule has 1 fully saturated rings. The van der Waals surface area contributed by atoms with Crippen LogP contribution in [0.15, 0.2) is 0 Å². The quantitative estimate of drug-likeness (QED) is 0.789. The van der Waals surface area contributed by atoms with Crippen LogP contribution in [0.4, 0.5) is 0 Å². The van der Waals surface area contributed by atoms with Gasteiger partial charge < -0.3 is 15.3 Å². The van der Waals surface area contributed by atoms with E-state index >= 15 is 0 Å².